The van der Waals surface area contributed by atoms with Gasteiger partial charge in [-0.15, -0.1) is 0 Å². The van der Waals surface area contributed by atoms with Crippen LogP contribution in [0.1, 0.15) is 33.5 Å². The van der Waals surface area contributed by atoms with Crippen molar-refractivity contribution >= 4 is 17.4 Å². The molecule has 0 saturated carbocycles. The molecule has 1 N–H and O–H groups in total. The number of ether oxygens (including phenoxy) is 2. The van der Waals surface area contributed by atoms with Crippen LogP contribution >= 0.6 is 0 Å². The van der Waals surface area contributed by atoms with Crippen molar-refractivity contribution in [3.05, 3.63) is 89.0 Å². The van der Waals surface area contributed by atoms with Crippen LogP contribution in [0, 0.1) is 6.92 Å². The van der Waals surface area contributed by atoms with Crippen LogP contribution in [0.3, 0.4) is 0 Å². The summed E-state index contributed by atoms with van der Waals surface area (Å²) < 4.78 is 10.5. The summed E-state index contributed by atoms with van der Waals surface area (Å²) in [4.78, 5) is 28.3. The zero-order valence-corrected chi connectivity index (χ0v) is 18.3. The van der Waals surface area contributed by atoms with Gasteiger partial charge in [0.2, 0.25) is 0 Å². The molecule has 6 heteroatoms. The van der Waals surface area contributed by atoms with Gasteiger partial charge in [-0.3, -0.25) is 9.59 Å². The fourth-order valence-corrected chi connectivity index (χ4v) is 4.15. The number of carbonyl (C=O) groups excluding carboxylic acids is 2. The summed E-state index contributed by atoms with van der Waals surface area (Å²) >= 11 is 0. The Morgan fingerprint density at radius 1 is 1.00 bits per heavy atom. The monoisotopic (exact) mass is 431 g/mol. The van der Waals surface area contributed by atoms with Crippen molar-refractivity contribution in [2.24, 2.45) is 0 Å². The van der Waals surface area contributed by atoms with Gasteiger partial charge in [0.15, 0.2) is 11.4 Å². The molecule has 3 aromatic carbocycles. The second-order valence-electron chi connectivity index (χ2n) is 7.86. The van der Waals surface area contributed by atoms with E-state index < -0.39 is 23.7 Å². The second-order valence-corrected chi connectivity index (χ2v) is 7.86. The highest BCUT2D eigenvalue weighted by molar-refractivity contribution is 6.11. The van der Waals surface area contributed by atoms with Crippen molar-refractivity contribution < 1.29 is 24.2 Å². The predicted molar refractivity (Wildman–Crippen MR) is 121 cm³/mol. The highest BCUT2D eigenvalue weighted by atomic mass is 16.5. The lowest BCUT2D eigenvalue weighted by Gasteiger charge is -2.23. The van der Waals surface area contributed by atoms with E-state index in [1.807, 2.05) is 37.3 Å². The third-order valence-corrected chi connectivity index (χ3v) is 5.95. The fraction of sp³-hybridized carbons (Fsp3) is 0.231. The van der Waals surface area contributed by atoms with E-state index in [2.05, 4.69) is 0 Å². The van der Waals surface area contributed by atoms with E-state index in [-0.39, 0.29) is 5.56 Å². The van der Waals surface area contributed by atoms with Crippen molar-refractivity contribution in [3.8, 4) is 11.5 Å². The number of Topliss-reactive ketones (excluding diaryl/α,β-unsaturated/α-hetero) is 1. The van der Waals surface area contributed by atoms with Crippen molar-refractivity contribution in [3.63, 3.8) is 0 Å². The van der Waals surface area contributed by atoms with Crippen molar-refractivity contribution in [2.75, 3.05) is 19.1 Å². The van der Waals surface area contributed by atoms with Crippen LogP contribution in [0.15, 0.2) is 66.7 Å². The lowest BCUT2D eigenvalue weighted by atomic mass is 9.88. The van der Waals surface area contributed by atoms with Crippen molar-refractivity contribution in [1.82, 2.24) is 0 Å². The van der Waals surface area contributed by atoms with Gasteiger partial charge >= 0.3 is 0 Å². The first kappa shape index (κ1) is 21.6. The summed E-state index contributed by atoms with van der Waals surface area (Å²) in [7, 11) is 2.97. The first-order valence-corrected chi connectivity index (χ1v) is 10.3. The fourth-order valence-electron chi connectivity index (χ4n) is 4.15. The molecule has 0 fully saturated rings. The molecule has 1 amide bonds. The van der Waals surface area contributed by atoms with Gasteiger partial charge in [-0.1, -0.05) is 42.5 Å². The molecule has 1 aliphatic heterocycles. The molecule has 0 aliphatic carbocycles. The SMILES string of the molecule is COc1ccc(OC)c(C(=O)C[C@@]2(O)C(=O)N(Cc3ccccc3C)c3ccccc32)c1. The number of fused-ring (bicyclic) bond motifs is 1. The van der Waals surface area contributed by atoms with E-state index in [1.54, 1.807) is 41.3 Å². The summed E-state index contributed by atoms with van der Waals surface area (Å²) in [6.07, 6.45) is -0.406. The number of hydrogen-bond donors (Lipinski definition) is 1. The summed E-state index contributed by atoms with van der Waals surface area (Å²) in [5.41, 5.74) is 1.33. The average molecular weight is 431 g/mol. The van der Waals surface area contributed by atoms with E-state index in [0.29, 0.717) is 29.3 Å². The van der Waals surface area contributed by atoms with Crippen LogP contribution in [0.5, 0.6) is 11.5 Å². The van der Waals surface area contributed by atoms with Crippen LogP contribution < -0.4 is 14.4 Å². The Morgan fingerprint density at radius 2 is 1.72 bits per heavy atom. The largest absolute Gasteiger partial charge is 0.497 e. The standard InChI is InChI=1S/C26H25NO5/c1-17-8-4-5-9-18(17)16-27-22-11-7-6-10-21(22)26(30,25(27)29)15-23(28)20-14-19(31-2)12-13-24(20)32-3/h4-14,30H,15-16H2,1-3H3/t26-/m0/s1. The highest BCUT2D eigenvalue weighted by Crippen LogP contribution is 2.44. The minimum atomic E-state index is -1.97. The number of anilines is 1. The Hall–Kier alpha value is -3.64. The van der Waals surface area contributed by atoms with Gasteiger partial charge in [0.25, 0.3) is 5.91 Å². The van der Waals surface area contributed by atoms with Gasteiger partial charge in [-0.25, -0.2) is 0 Å². The maximum Gasteiger partial charge on any atom is 0.264 e. The number of benzene rings is 3. The molecule has 0 spiro atoms. The number of rotatable bonds is 7. The van der Waals surface area contributed by atoms with Crippen molar-refractivity contribution in [1.29, 1.82) is 0 Å². The molecule has 6 nitrogen and oxygen atoms in total. The molecule has 0 unspecified atom stereocenters. The summed E-state index contributed by atoms with van der Waals surface area (Å²) in [6.45, 7) is 2.29. The molecule has 1 heterocycles. The Balaban J connectivity index is 1.71. The molecular formula is C26H25NO5. The zero-order valence-electron chi connectivity index (χ0n) is 18.3. The smallest absolute Gasteiger partial charge is 0.264 e. The summed E-state index contributed by atoms with van der Waals surface area (Å²) in [5.74, 6) is -0.0864. The molecular weight excluding hydrogens is 406 g/mol. The molecule has 1 aliphatic rings. The van der Waals surface area contributed by atoms with E-state index in [1.165, 1.54) is 14.2 Å². The number of aryl methyl sites for hydroxylation is 1. The minimum absolute atomic E-state index is 0.253. The quantitative estimate of drug-likeness (QED) is 0.572. The predicted octanol–water partition coefficient (Wildman–Crippen LogP) is 4.02. The van der Waals surface area contributed by atoms with Crippen LogP contribution in [-0.4, -0.2) is 31.0 Å². The highest BCUT2D eigenvalue weighted by Gasteiger charge is 2.51. The molecule has 3 aromatic rings. The van der Waals surface area contributed by atoms with Gasteiger partial charge in [-0.2, -0.15) is 0 Å². The average Bonchev–Trinajstić information content (AvgIpc) is 3.01. The number of aliphatic hydroxyl groups is 1. The van der Waals surface area contributed by atoms with Gasteiger partial charge < -0.3 is 19.5 Å². The molecule has 0 saturated heterocycles. The number of nitrogens with zero attached hydrogens (tertiary/aromatic N) is 1. The molecule has 0 bridgehead atoms. The van der Waals surface area contributed by atoms with Crippen LogP contribution in [0.25, 0.3) is 0 Å². The summed E-state index contributed by atoms with van der Waals surface area (Å²) in [5, 5.41) is 11.6. The molecule has 1 atom stereocenters. The van der Waals surface area contributed by atoms with Gasteiger partial charge in [0.05, 0.1) is 38.4 Å². The Bertz CT molecular complexity index is 1190. The number of ketones is 1. The number of carbonyl (C=O) groups is 2. The van der Waals surface area contributed by atoms with E-state index >= 15 is 0 Å². The maximum absolute atomic E-state index is 13.5. The lowest BCUT2D eigenvalue weighted by molar-refractivity contribution is -0.136. The Morgan fingerprint density at radius 3 is 2.44 bits per heavy atom. The zero-order chi connectivity index (χ0) is 22.9. The first-order valence-electron chi connectivity index (χ1n) is 10.3. The third-order valence-electron chi connectivity index (χ3n) is 5.95. The van der Waals surface area contributed by atoms with E-state index in [0.717, 1.165) is 11.1 Å². The lowest BCUT2D eigenvalue weighted by Crippen LogP contribution is -2.41. The Labute approximate surface area is 187 Å². The molecule has 32 heavy (non-hydrogen) atoms. The second kappa shape index (κ2) is 8.48. The number of para-hydroxylation sites is 1. The first-order chi connectivity index (χ1) is 15.4. The topological polar surface area (TPSA) is 76.1 Å². The number of amides is 1. The number of hydrogen-bond acceptors (Lipinski definition) is 5. The van der Waals surface area contributed by atoms with Crippen LogP contribution in [-0.2, 0) is 16.9 Å². The third kappa shape index (κ3) is 3.63. The molecule has 0 aromatic heterocycles. The minimum Gasteiger partial charge on any atom is -0.497 e. The number of methoxy groups -OCH3 is 2. The van der Waals surface area contributed by atoms with E-state index in [4.69, 9.17) is 9.47 Å². The molecule has 164 valence electrons. The maximum atomic E-state index is 13.5. The van der Waals surface area contributed by atoms with Crippen LogP contribution in [0.2, 0.25) is 0 Å². The summed E-state index contributed by atoms with van der Waals surface area (Å²) in [6, 6.07) is 19.7. The van der Waals surface area contributed by atoms with Gasteiger partial charge in [0, 0.05) is 5.56 Å². The van der Waals surface area contributed by atoms with Gasteiger partial charge in [0.1, 0.15) is 11.5 Å². The van der Waals surface area contributed by atoms with Crippen LogP contribution in [0.4, 0.5) is 5.69 Å². The molecule has 0 radical (unpaired) electrons. The normalized spacial score (nSPS) is 17.2. The Kier molecular flexibility index (Phi) is 5.72. The van der Waals surface area contributed by atoms with Gasteiger partial charge in [-0.05, 0) is 42.3 Å². The molecule has 4 rings (SSSR count). The van der Waals surface area contributed by atoms with Crippen molar-refractivity contribution in [2.45, 2.75) is 25.5 Å². The van der Waals surface area contributed by atoms with E-state index in [9.17, 15) is 14.7 Å².